The van der Waals surface area contributed by atoms with E-state index in [9.17, 15) is 8.42 Å². The maximum Gasteiger partial charge on any atom is 0.245 e. The highest BCUT2D eigenvalue weighted by Crippen LogP contribution is 2.12. The lowest BCUT2D eigenvalue weighted by molar-refractivity contribution is 0.476. The smallest absolute Gasteiger partial charge is 0.245 e. The Balaban J connectivity index is 2.93. The van der Waals surface area contributed by atoms with E-state index in [0.29, 0.717) is 0 Å². The Morgan fingerprint density at radius 2 is 2.12 bits per heavy atom. The number of nitriles is 1. The van der Waals surface area contributed by atoms with Gasteiger partial charge in [-0.05, 0) is 0 Å². The number of hydrogen-bond donors (Lipinski definition) is 2. The molecule has 0 bridgehead atoms. The fraction of sp³-hybridized carbons (Fsp3) is 0.375. The van der Waals surface area contributed by atoms with E-state index in [1.807, 2.05) is 6.07 Å². The van der Waals surface area contributed by atoms with Gasteiger partial charge in [0.05, 0.1) is 18.5 Å². The van der Waals surface area contributed by atoms with Crippen LogP contribution in [0.4, 0.5) is 5.95 Å². The molecule has 0 aliphatic carbocycles. The summed E-state index contributed by atoms with van der Waals surface area (Å²) < 4.78 is 24.9. The van der Waals surface area contributed by atoms with Crippen molar-refractivity contribution in [1.29, 1.82) is 5.26 Å². The van der Waals surface area contributed by atoms with E-state index in [2.05, 4.69) is 15.4 Å². The molecule has 0 amide bonds. The van der Waals surface area contributed by atoms with Gasteiger partial charge in [0.15, 0.2) is 0 Å². The zero-order valence-corrected chi connectivity index (χ0v) is 9.98. The van der Waals surface area contributed by atoms with Crippen molar-refractivity contribution < 1.29 is 8.42 Å². The molecule has 0 aliphatic heterocycles. The van der Waals surface area contributed by atoms with Crippen LogP contribution in [0.2, 0.25) is 0 Å². The molecule has 8 nitrogen and oxygen atoms in total. The molecule has 3 N–H and O–H groups in total. The summed E-state index contributed by atoms with van der Waals surface area (Å²) in [6.45, 7) is 0.121. The second-order valence-electron chi connectivity index (χ2n) is 3.12. The van der Waals surface area contributed by atoms with Crippen LogP contribution in [0.3, 0.4) is 0 Å². The lowest BCUT2D eigenvalue weighted by Crippen LogP contribution is -2.28. The van der Waals surface area contributed by atoms with Gasteiger partial charge in [0.2, 0.25) is 16.0 Å². The SMILES string of the molecule is CN(CCC#N)S(=O)(=O)c1cnc(NN)nc1. The molecular weight excluding hydrogens is 244 g/mol. The van der Waals surface area contributed by atoms with Gasteiger partial charge in [-0.1, -0.05) is 0 Å². The average Bonchev–Trinajstić information content (AvgIpc) is 2.35. The van der Waals surface area contributed by atoms with Crippen molar-refractivity contribution >= 4 is 16.0 Å². The van der Waals surface area contributed by atoms with Gasteiger partial charge >= 0.3 is 0 Å². The van der Waals surface area contributed by atoms with Gasteiger partial charge in [-0.3, -0.25) is 5.43 Å². The van der Waals surface area contributed by atoms with Gasteiger partial charge in [0.1, 0.15) is 4.90 Å². The van der Waals surface area contributed by atoms with Crippen LogP contribution in [0.25, 0.3) is 0 Å². The molecule has 0 unspecified atom stereocenters. The summed E-state index contributed by atoms with van der Waals surface area (Å²) >= 11 is 0. The Morgan fingerprint density at radius 1 is 1.53 bits per heavy atom. The van der Waals surface area contributed by atoms with Gasteiger partial charge < -0.3 is 0 Å². The number of hydrazine groups is 1. The second kappa shape index (κ2) is 5.53. The van der Waals surface area contributed by atoms with Crippen molar-refractivity contribution in [2.45, 2.75) is 11.3 Å². The molecule has 0 atom stereocenters. The van der Waals surface area contributed by atoms with E-state index < -0.39 is 10.0 Å². The van der Waals surface area contributed by atoms with Crippen LogP contribution >= 0.6 is 0 Å². The Hall–Kier alpha value is -1.76. The van der Waals surface area contributed by atoms with Gasteiger partial charge in [0.25, 0.3) is 0 Å². The molecule has 1 heterocycles. The summed E-state index contributed by atoms with van der Waals surface area (Å²) in [6.07, 6.45) is 2.43. The van der Waals surface area contributed by atoms with Crippen LogP contribution in [0.15, 0.2) is 17.3 Å². The third-order valence-corrected chi connectivity index (χ3v) is 3.81. The van der Waals surface area contributed by atoms with Crippen LogP contribution in [0.1, 0.15) is 6.42 Å². The monoisotopic (exact) mass is 256 g/mol. The molecule has 1 rings (SSSR count). The predicted octanol–water partition coefficient (Wildman–Crippen LogP) is -0.704. The summed E-state index contributed by atoms with van der Waals surface area (Å²) in [6, 6.07) is 1.88. The number of rotatable bonds is 5. The standard InChI is InChI=1S/C8H12N6O2S/c1-14(4-2-3-9)17(15,16)7-5-11-8(13-10)12-6-7/h5-6H,2,4,10H2,1H3,(H,11,12,13). The number of nitrogens with zero attached hydrogens (tertiary/aromatic N) is 4. The minimum absolute atomic E-state index is 0.0445. The lowest BCUT2D eigenvalue weighted by atomic mass is 10.5. The quantitative estimate of drug-likeness (QED) is 0.526. The van der Waals surface area contributed by atoms with Crippen LogP contribution in [0, 0.1) is 11.3 Å². The highest BCUT2D eigenvalue weighted by Gasteiger charge is 2.21. The van der Waals surface area contributed by atoms with E-state index in [0.717, 1.165) is 16.7 Å². The third-order valence-electron chi connectivity index (χ3n) is 2.00. The second-order valence-corrected chi connectivity index (χ2v) is 5.17. The van der Waals surface area contributed by atoms with Gasteiger partial charge in [-0.15, -0.1) is 0 Å². The first-order valence-electron chi connectivity index (χ1n) is 4.64. The molecule has 1 aromatic heterocycles. The molecule has 0 aliphatic rings. The fourth-order valence-electron chi connectivity index (χ4n) is 1.03. The Bertz CT molecular complexity index is 506. The molecule has 17 heavy (non-hydrogen) atoms. The molecular formula is C8H12N6O2S. The molecule has 0 aromatic carbocycles. The van der Waals surface area contributed by atoms with Crippen molar-refractivity contribution in [3.05, 3.63) is 12.4 Å². The zero-order chi connectivity index (χ0) is 12.9. The minimum Gasteiger partial charge on any atom is -0.292 e. The first-order chi connectivity index (χ1) is 8.02. The van der Waals surface area contributed by atoms with E-state index >= 15 is 0 Å². The highest BCUT2D eigenvalue weighted by molar-refractivity contribution is 7.89. The number of nitrogen functional groups attached to an aromatic ring is 1. The van der Waals surface area contributed by atoms with Gasteiger partial charge in [-0.2, -0.15) is 9.57 Å². The summed E-state index contributed by atoms with van der Waals surface area (Å²) in [4.78, 5) is 7.37. The maximum atomic E-state index is 11.9. The maximum absolute atomic E-state index is 11.9. The van der Waals surface area contributed by atoms with Crippen molar-refractivity contribution in [2.24, 2.45) is 5.84 Å². The number of aromatic nitrogens is 2. The van der Waals surface area contributed by atoms with E-state index in [-0.39, 0.29) is 23.8 Å². The third kappa shape index (κ3) is 3.10. The van der Waals surface area contributed by atoms with Crippen molar-refractivity contribution in [3.8, 4) is 6.07 Å². The average molecular weight is 256 g/mol. The summed E-state index contributed by atoms with van der Waals surface area (Å²) in [5.41, 5.74) is 2.20. The van der Waals surface area contributed by atoms with E-state index in [1.54, 1.807) is 0 Å². The number of nitrogens with one attached hydrogen (secondary N) is 1. The molecule has 9 heteroatoms. The van der Waals surface area contributed by atoms with Crippen LogP contribution in [0.5, 0.6) is 0 Å². The van der Waals surface area contributed by atoms with Gasteiger partial charge in [0, 0.05) is 20.0 Å². The zero-order valence-electron chi connectivity index (χ0n) is 9.16. The lowest BCUT2D eigenvalue weighted by Gasteiger charge is -2.14. The predicted molar refractivity (Wildman–Crippen MR) is 59.9 cm³/mol. The number of anilines is 1. The molecule has 92 valence electrons. The fourth-order valence-corrected chi connectivity index (χ4v) is 2.09. The van der Waals surface area contributed by atoms with E-state index in [1.165, 1.54) is 7.05 Å². The van der Waals surface area contributed by atoms with E-state index in [4.69, 9.17) is 11.1 Å². The Kier molecular flexibility index (Phi) is 4.33. The van der Waals surface area contributed by atoms with Crippen LogP contribution in [-0.4, -0.2) is 36.3 Å². The number of sulfonamides is 1. The first kappa shape index (κ1) is 13.3. The summed E-state index contributed by atoms with van der Waals surface area (Å²) in [5.74, 6) is 5.19. The van der Waals surface area contributed by atoms with Crippen molar-refractivity contribution in [1.82, 2.24) is 14.3 Å². The van der Waals surface area contributed by atoms with Crippen molar-refractivity contribution in [2.75, 3.05) is 19.0 Å². The molecule has 0 fully saturated rings. The van der Waals surface area contributed by atoms with Crippen molar-refractivity contribution in [3.63, 3.8) is 0 Å². The Labute approximate surface area is 99.1 Å². The summed E-state index contributed by atoms with van der Waals surface area (Å²) in [7, 11) is -2.26. The topological polar surface area (TPSA) is 125 Å². The highest BCUT2D eigenvalue weighted by atomic mass is 32.2. The molecule has 1 aromatic rings. The first-order valence-corrected chi connectivity index (χ1v) is 6.08. The minimum atomic E-state index is -3.65. The molecule has 0 spiro atoms. The largest absolute Gasteiger partial charge is 0.292 e. The number of hydrogen-bond acceptors (Lipinski definition) is 7. The normalized spacial score (nSPS) is 11.2. The summed E-state index contributed by atoms with van der Waals surface area (Å²) in [5, 5.41) is 8.40. The van der Waals surface area contributed by atoms with Crippen LogP contribution < -0.4 is 11.3 Å². The molecule has 0 radical (unpaired) electrons. The molecule has 0 saturated carbocycles. The van der Waals surface area contributed by atoms with Gasteiger partial charge in [-0.25, -0.2) is 24.2 Å². The molecule has 0 saturated heterocycles. The number of nitrogens with two attached hydrogens (primary N) is 1. The van der Waals surface area contributed by atoms with Crippen LogP contribution in [-0.2, 0) is 10.0 Å². The Morgan fingerprint density at radius 3 is 2.59 bits per heavy atom.